The normalized spacial score (nSPS) is 11.4. The summed E-state index contributed by atoms with van der Waals surface area (Å²) in [6.45, 7) is 16.3. The van der Waals surface area contributed by atoms with Gasteiger partial charge in [0.05, 0.1) is 0 Å². The highest BCUT2D eigenvalue weighted by Gasteiger charge is 2.34. The summed E-state index contributed by atoms with van der Waals surface area (Å²) in [6, 6.07) is 32.5. The molecule has 0 N–H and O–H groups in total. The largest absolute Gasteiger partial charge is 0.531 e. The lowest BCUT2D eigenvalue weighted by atomic mass is 10.1. The van der Waals surface area contributed by atoms with E-state index in [1.165, 1.54) is 0 Å². The van der Waals surface area contributed by atoms with Gasteiger partial charge in [-0.05, 0) is 45.4 Å². The second-order valence-electron chi connectivity index (χ2n) is 8.01. The average Bonchev–Trinajstić information content (AvgIpc) is 2.91. The smallest absolute Gasteiger partial charge is 0.331 e. The molecular formula is C30H28O2Si2. The number of fused-ring (bicyclic) bond motifs is 1. The number of hydrogen-bond acceptors (Lipinski definition) is 2. The lowest BCUT2D eigenvalue weighted by molar-refractivity contribution is 0.574. The molecule has 2 nitrogen and oxygen atoms in total. The summed E-state index contributed by atoms with van der Waals surface area (Å²) in [4.78, 5) is 0. The summed E-state index contributed by atoms with van der Waals surface area (Å²) < 4.78 is 13.2. The molecule has 0 bridgehead atoms. The summed E-state index contributed by atoms with van der Waals surface area (Å²) in [7, 11) is -5.16. The first-order chi connectivity index (χ1) is 16.6. The van der Waals surface area contributed by atoms with Crippen LogP contribution < -0.4 is 19.2 Å². The van der Waals surface area contributed by atoms with E-state index in [4.69, 9.17) is 8.85 Å². The molecule has 0 aliphatic carbocycles. The summed E-state index contributed by atoms with van der Waals surface area (Å²) in [5, 5.41) is 4.34. The van der Waals surface area contributed by atoms with Crippen LogP contribution in [0.25, 0.3) is 10.8 Å². The second-order valence-corrected chi connectivity index (χ2v) is 14.4. The van der Waals surface area contributed by atoms with Gasteiger partial charge in [-0.2, -0.15) is 0 Å². The highest BCUT2D eigenvalue weighted by Crippen LogP contribution is 2.28. The Balaban J connectivity index is 1.70. The first-order valence-corrected chi connectivity index (χ1v) is 15.3. The third-order valence-electron chi connectivity index (χ3n) is 6.02. The van der Waals surface area contributed by atoms with Crippen LogP contribution in [0.5, 0.6) is 11.5 Å². The lowest BCUT2D eigenvalue weighted by Gasteiger charge is -2.27. The first kappa shape index (κ1) is 23.3. The van der Waals surface area contributed by atoms with Crippen molar-refractivity contribution in [2.75, 3.05) is 0 Å². The Kier molecular flexibility index (Phi) is 6.82. The molecule has 0 saturated heterocycles. The van der Waals surface area contributed by atoms with Crippen molar-refractivity contribution in [3.63, 3.8) is 0 Å². The number of rotatable bonds is 10. The van der Waals surface area contributed by atoms with E-state index in [1.807, 2.05) is 83.5 Å². The number of hydrogen-bond donors (Lipinski definition) is 0. The maximum absolute atomic E-state index is 6.59. The fourth-order valence-corrected chi connectivity index (χ4v) is 8.35. The Labute approximate surface area is 204 Å². The minimum atomic E-state index is -2.58. The van der Waals surface area contributed by atoms with Crippen molar-refractivity contribution in [3.8, 4) is 11.5 Å². The van der Waals surface area contributed by atoms with Crippen molar-refractivity contribution < 1.29 is 8.85 Å². The van der Waals surface area contributed by atoms with Gasteiger partial charge in [0.1, 0.15) is 11.5 Å². The van der Waals surface area contributed by atoms with Crippen molar-refractivity contribution in [1.29, 1.82) is 0 Å². The van der Waals surface area contributed by atoms with Gasteiger partial charge in [0.15, 0.2) is 0 Å². The monoisotopic (exact) mass is 476 g/mol. The first-order valence-electron chi connectivity index (χ1n) is 11.2. The van der Waals surface area contributed by atoms with Crippen LogP contribution in [0.4, 0.5) is 0 Å². The molecule has 0 unspecified atom stereocenters. The molecular weight excluding hydrogens is 449 g/mol. The molecule has 168 valence electrons. The van der Waals surface area contributed by atoms with E-state index in [0.29, 0.717) is 0 Å². The Hall–Kier alpha value is -3.87. The van der Waals surface area contributed by atoms with Gasteiger partial charge >= 0.3 is 16.6 Å². The van der Waals surface area contributed by atoms with Gasteiger partial charge in [0, 0.05) is 0 Å². The van der Waals surface area contributed by atoms with E-state index in [0.717, 1.165) is 32.6 Å². The molecule has 0 radical (unpaired) electrons. The van der Waals surface area contributed by atoms with Crippen molar-refractivity contribution in [1.82, 2.24) is 0 Å². The van der Waals surface area contributed by atoms with E-state index < -0.39 is 16.6 Å². The molecule has 4 aromatic rings. The van der Waals surface area contributed by atoms with Gasteiger partial charge in [-0.15, -0.1) is 26.3 Å². The molecule has 34 heavy (non-hydrogen) atoms. The van der Waals surface area contributed by atoms with Gasteiger partial charge in [0.2, 0.25) is 0 Å². The fraction of sp³-hybridized carbons (Fsp3) is 0. The van der Waals surface area contributed by atoms with Crippen LogP contribution in [0.1, 0.15) is 0 Å². The molecule has 0 spiro atoms. The van der Waals surface area contributed by atoms with Crippen LogP contribution in [0.15, 0.2) is 146 Å². The van der Waals surface area contributed by atoms with Crippen LogP contribution in [0.3, 0.4) is 0 Å². The molecule has 0 aliphatic rings. The summed E-state index contributed by atoms with van der Waals surface area (Å²) in [5.74, 6) is 1.55. The molecule has 0 atom stereocenters. The van der Waals surface area contributed by atoms with E-state index in [1.54, 1.807) is 0 Å². The van der Waals surface area contributed by atoms with Crippen molar-refractivity contribution in [3.05, 3.63) is 146 Å². The third kappa shape index (κ3) is 4.46. The Morgan fingerprint density at radius 2 is 0.853 bits per heavy atom. The van der Waals surface area contributed by atoms with Crippen molar-refractivity contribution in [2.45, 2.75) is 0 Å². The molecule has 4 heteroatoms. The van der Waals surface area contributed by atoms with E-state index >= 15 is 0 Å². The minimum Gasteiger partial charge on any atom is -0.531 e. The van der Waals surface area contributed by atoms with E-state index in [2.05, 4.69) is 62.7 Å². The zero-order valence-electron chi connectivity index (χ0n) is 19.2. The maximum atomic E-state index is 6.59. The summed E-state index contributed by atoms with van der Waals surface area (Å²) >= 11 is 0. The number of benzene rings is 4. The van der Waals surface area contributed by atoms with Crippen LogP contribution in [-0.2, 0) is 0 Å². The Morgan fingerprint density at radius 3 is 1.21 bits per heavy atom. The molecule has 0 heterocycles. The zero-order chi connectivity index (χ0) is 24.0. The van der Waals surface area contributed by atoms with Crippen molar-refractivity contribution >= 4 is 37.8 Å². The molecule has 4 rings (SSSR count). The SMILES string of the molecule is C=C[Si](C=C)(Oc1ccc2ccc(O[Si](C=C)(C=C)c3ccccc3)cc2c1)c1ccccc1. The van der Waals surface area contributed by atoms with Crippen LogP contribution in [0.2, 0.25) is 0 Å². The highest BCUT2D eigenvalue weighted by atomic mass is 28.4. The molecule has 0 aromatic heterocycles. The van der Waals surface area contributed by atoms with Crippen molar-refractivity contribution in [2.24, 2.45) is 0 Å². The molecule has 0 fully saturated rings. The standard InChI is InChI=1S/C30H28O2Si2/c1-5-33(6-2,29-15-11-9-12-16-29)31-27-21-19-25-20-22-28(24-26(25)23-27)32-34(7-3,8-4)30-17-13-10-14-18-30/h5-24H,1-4H2. The average molecular weight is 477 g/mol. The van der Waals surface area contributed by atoms with Gasteiger partial charge in [-0.1, -0.05) is 95.6 Å². The topological polar surface area (TPSA) is 18.5 Å². The highest BCUT2D eigenvalue weighted by molar-refractivity contribution is 6.95. The van der Waals surface area contributed by atoms with E-state index in [9.17, 15) is 0 Å². The maximum Gasteiger partial charge on any atom is 0.331 e. The lowest BCUT2D eigenvalue weighted by Crippen LogP contribution is -2.50. The van der Waals surface area contributed by atoms with Crippen LogP contribution in [-0.4, -0.2) is 16.6 Å². The van der Waals surface area contributed by atoms with E-state index in [-0.39, 0.29) is 0 Å². The quantitative estimate of drug-likeness (QED) is 0.254. The van der Waals surface area contributed by atoms with Crippen LogP contribution in [0, 0.1) is 0 Å². The fourth-order valence-electron chi connectivity index (χ4n) is 4.04. The molecule has 0 aliphatic heterocycles. The predicted molar refractivity (Wildman–Crippen MR) is 150 cm³/mol. The Morgan fingerprint density at radius 1 is 0.471 bits per heavy atom. The zero-order valence-corrected chi connectivity index (χ0v) is 21.2. The Bertz CT molecular complexity index is 1210. The summed E-state index contributed by atoms with van der Waals surface area (Å²) in [6.07, 6.45) is 0. The van der Waals surface area contributed by atoms with Crippen LogP contribution >= 0.6 is 0 Å². The van der Waals surface area contributed by atoms with Gasteiger partial charge < -0.3 is 8.85 Å². The second kappa shape index (κ2) is 9.95. The molecule has 4 aromatic carbocycles. The predicted octanol–water partition coefficient (Wildman–Crippen LogP) is 6.20. The summed E-state index contributed by atoms with van der Waals surface area (Å²) in [5.41, 5.74) is 7.64. The van der Waals surface area contributed by atoms with Gasteiger partial charge in [-0.3, -0.25) is 0 Å². The van der Waals surface area contributed by atoms with Gasteiger partial charge in [-0.25, -0.2) is 0 Å². The van der Waals surface area contributed by atoms with Gasteiger partial charge in [0.25, 0.3) is 0 Å². The molecule has 0 saturated carbocycles. The molecule has 0 amide bonds. The minimum absolute atomic E-state index is 0.777. The third-order valence-corrected chi connectivity index (χ3v) is 12.1.